The van der Waals surface area contributed by atoms with E-state index in [0.717, 1.165) is 5.01 Å². The van der Waals surface area contributed by atoms with Crippen molar-refractivity contribution in [1.29, 1.82) is 0 Å². The molecule has 5 heteroatoms. The molecule has 1 rings (SSSR count). The lowest BCUT2D eigenvalue weighted by Gasteiger charge is -2.21. The minimum atomic E-state index is -0.734. The Morgan fingerprint density at radius 3 is 2.45 bits per heavy atom. The molecule has 0 aromatic carbocycles. The van der Waals surface area contributed by atoms with Gasteiger partial charge >= 0.3 is 5.37 Å². The van der Waals surface area contributed by atoms with Crippen LogP contribution < -0.4 is 0 Å². The lowest BCUT2D eigenvalue weighted by molar-refractivity contribution is -0.130. The largest absolute Gasteiger partial charge is 0.337 e. The van der Waals surface area contributed by atoms with Gasteiger partial charge in [0.1, 0.15) is 0 Å². The Morgan fingerprint density at radius 2 is 2.27 bits per heavy atom. The van der Waals surface area contributed by atoms with E-state index < -0.39 is 5.37 Å². The number of hydrazine groups is 1. The molecule has 2 amide bonds. The fourth-order valence-corrected chi connectivity index (χ4v) is 1.28. The van der Waals surface area contributed by atoms with Crippen molar-refractivity contribution in [2.24, 2.45) is 0 Å². The fourth-order valence-electron chi connectivity index (χ4n) is 1.07. The molecule has 0 spiro atoms. The summed E-state index contributed by atoms with van der Waals surface area (Å²) in [6.07, 6.45) is 0.356. The molecule has 1 fully saturated rings. The van der Waals surface area contributed by atoms with Gasteiger partial charge in [0.05, 0.1) is 0 Å². The Hall–Kier alpha value is -0.610. The summed E-state index contributed by atoms with van der Waals surface area (Å²) < 4.78 is 0. The molecule has 11 heavy (non-hydrogen) atoms. The second-order valence-electron chi connectivity index (χ2n) is 2.59. The summed E-state index contributed by atoms with van der Waals surface area (Å²) in [5.41, 5.74) is 0. The van der Waals surface area contributed by atoms with Gasteiger partial charge in [-0.1, -0.05) is 0 Å². The predicted octanol–water partition coefficient (Wildman–Crippen LogP) is 0.813. The predicted molar refractivity (Wildman–Crippen MR) is 39.9 cm³/mol. The number of hydrogen-bond acceptors (Lipinski definition) is 3. The van der Waals surface area contributed by atoms with E-state index in [0.29, 0.717) is 6.42 Å². The monoisotopic (exact) mass is 176 g/mol. The van der Waals surface area contributed by atoms with Crippen LogP contribution in [0.4, 0.5) is 4.79 Å². The number of hydrogen-bond donors (Lipinski definition) is 0. The quantitative estimate of drug-likeness (QED) is 0.405. The van der Waals surface area contributed by atoms with Gasteiger partial charge in [-0.2, -0.15) is 5.01 Å². The van der Waals surface area contributed by atoms with Gasteiger partial charge in [0.2, 0.25) is 5.91 Å². The molecule has 0 radical (unpaired) electrons. The second-order valence-corrected chi connectivity index (χ2v) is 2.91. The highest BCUT2D eigenvalue weighted by Gasteiger charge is 2.35. The summed E-state index contributed by atoms with van der Waals surface area (Å²) in [6.45, 7) is 1.86. The molecule has 0 saturated carbocycles. The van der Waals surface area contributed by atoms with Crippen LogP contribution in [0.15, 0.2) is 0 Å². The molecule has 0 aromatic heterocycles. The maximum Gasteiger partial charge on any atom is 0.337 e. The van der Waals surface area contributed by atoms with Crippen molar-refractivity contribution < 1.29 is 9.59 Å². The molecule has 4 nitrogen and oxygen atoms in total. The summed E-state index contributed by atoms with van der Waals surface area (Å²) in [7, 11) is 1.66. The first-order valence-corrected chi connectivity index (χ1v) is 3.67. The average Bonchev–Trinajstić information content (AvgIpc) is 2.07. The van der Waals surface area contributed by atoms with Crippen LogP contribution >= 0.6 is 11.6 Å². The van der Waals surface area contributed by atoms with Crippen LogP contribution in [0, 0.1) is 0 Å². The van der Waals surface area contributed by atoms with E-state index in [1.54, 1.807) is 7.05 Å². The molecular formula is C6H9ClN2O2. The summed E-state index contributed by atoms with van der Waals surface area (Å²) >= 11 is 5.16. The lowest BCUT2D eigenvalue weighted by atomic mass is 10.3. The first kappa shape index (κ1) is 8.49. The van der Waals surface area contributed by atoms with Gasteiger partial charge in [-0.15, -0.1) is 0 Å². The molecule has 1 saturated heterocycles. The number of imide groups is 1. The van der Waals surface area contributed by atoms with Crippen LogP contribution in [-0.2, 0) is 4.79 Å². The van der Waals surface area contributed by atoms with Crippen molar-refractivity contribution in [3.05, 3.63) is 0 Å². The molecule has 62 valence electrons. The van der Waals surface area contributed by atoms with Crippen LogP contribution in [-0.4, -0.2) is 34.4 Å². The molecule has 0 aromatic rings. The second kappa shape index (κ2) is 2.79. The van der Waals surface area contributed by atoms with Crippen LogP contribution in [0.25, 0.3) is 0 Å². The van der Waals surface area contributed by atoms with E-state index in [2.05, 4.69) is 0 Å². The van der Waals surface area contributed by atoms with Gasteiger partial charge in [-0.25, -0.2) is 5.01 Å². The summed E-state index contributed by atoms with van der Waals surface area (Å²) in [4.78, 5) is 21.7. The minimum absolute atomic E-state index is 0.0604. The number of rotatable bonds is 0. The third kappa shape index (κ3) is 1.36. The Balaban J connectivity index is 2.79. The molecule has 0 aliphatic carbocycles. The van der Waals surface area contributed by atoms with Gasteiger partial charge in [-0.05, 0) is 18.5 Å². The number of nitrogens with zero attached hydrogens (tertiary/aromatic N) is 2. The van der Waals surface area contributed by atoms with Crippen LogP contribution in [0.1, 0.15) is 13.3 Å². The third-order valence-electron chi connectivity index (χ3n) is 1.83. The van der Waals surface area contributed by atoms with E-state index >= 15 is 0 Å². The zero-order valence-corrected chi connectivity index (χ0v) is 7.13. The highest BCUT2D eigenvalue weighted by Crippen LogP contribution is 2.18. The van der Waals surface area contributed by atoms with Crippen molar-refractivity contribution in [1.82, 2.24) is 10.0 Å². The first-order valence-electron chi connectivity index (χ1n) is 3.29. The molecule has 1 heterocycles. The van der Waals surface area contributed by atoms with Crippen molar-refractivity contribution in [2.45, 2.75) is 19.4 Å². The van der Waals surface area contributed by atoms with Crippen LogP contribution in [0.3, 0.4) is 0 Å². The van der Waals surface area contributed by atoms with Crippen molar-refractivity contribution in [3.63, 3.8) is 0 Å². The Morgan fingerprint density at radius 1 is 1.73 bits per heavy atom. The summed E-state index contributed by atoms with van der Waals surface area (Å²) in [5, 5.41) is 1.76. The zero-order chi connectivity index (χ0) is 8.59. The highest BCUT2D eigenvalue weighted by atomic mass is 35.5. The maximum atomic E-state index is 11.0. The molecule has 1 aliphatic rings. The Bertz CT molecular complexity index is 207. The van der Waals surface area contributed by atoms with E-state index in [9.17, 15) is 9.59 Å². The molecule has 1 unspecified atom stereocenters. The first-order chi connectivity index (χ1) is 5.04. The normalized spacial score (nSPS) is 26.3. The summed E-state index contributed by atoms with van der Waals surface area (Å²) in [5.74, 6) is -0.236. The van der Waals surface area contributed by atoms with E-state index in [-0.39, 0.29) is 11.9 Å². The molecule has 1 aliphatic heterocycles. The Labute approximate surface area is 69.7 Å². The number of amides is 2. The fraction of sp³-hybridized carbons (Fsp3) is 0.667. The molecule has 0 bridgehead atoms. The third-order valence-corrected chi connectivity index (χ3v) is 1.99. The zero-order valence-electron chi connectivity index (χ0n) is 6.37. The van der Waals surface area contributed by atoms with Gasteiger partial charge in [0.25, 0.3) is 0 Å². The van der Waals surface area contributed by atoms with E-state index in [4.69, 9.17) is 11.6 Å². The van der Waals surface area contributed by atoms with Gasteiger partial charge < -0.3 is 0 Å². The smallest absolute Gasteiger partial charge is 0.273 e. The molecule has 1 atom stereocenters. The van der Waals surface area contributed by atoms with Crippen molar-refractivity contribution >= 4 is 22.9 Å². The van der Waals surface area contributed by atoms with E-state index in [1.165, 1.54) is 5.01 Å². The molecular weight excluding hydrogens is 168 g/mol. The van der Waals surface area contributed by atoms with E-state index in [1.807, 2.05) is 6.92 Å². The van der Waals surface area contributed by atoms with Gasteiger partial charge in [0.15, 0.2) is 0 Å². The summed E-state index contributed by atoms with van der Waals surface area (Å²) in [6, 6.07) is 0.0604. The van der Waals surface area contributed by atoms with Gasteiger partial charge in [-0.3, -0.25) is 9.59 Å². The standard InChI is InChI=1S/C6H9ClN2O2/c1-4-3-5(10)9(6(7)11)8(4)2/h4H,3H2,1-2H3. The topological polar surface area (TPSA) is 40.6 Å². The number of carbonyl (C=O) groups excluding carboxylic acids is 2. The van der Waals surface area contributed by atoms with Crippen molar-refractivity contribution in [3.8, 4) is 0 Å². The van der Waals surface area contributed by atoms with Gasteiger partial charge in [0, 0.05) is 19.5 Å². The lowest BCUT2D eigenvalue weighted by Crippen LogP contribution is -2.40. The number of carbonyl (C=O) groups is 2. The SMILES string of the molecule is CC1CC(=O)N(C(=O)Cl)N1C. The highest BCUT2D eigenvalue weighted by molar-refractivity contribution is 6.63. The Kier molecular flexibility index (Phi) is 2.15. The van der Waals surface area contributed by atoms with Crippen LogP contribution in [0.5, 0.6) is 0 Å². The van der Waals surface area contributed by atoms with Crippen LogP contribution in [0.2, 0.25) is 0 Å². The number of halogens is 1. The minimum Gasteiger partial charge on any atom is -0.273 e. The molecule has 0 N–H and O–H groups in total. The maximum absolute atomic E-state index is 11.0. The average molecular weight is 177 g/mol. The van der Waals surface area contributed by atoms with Crippen molar-refractivity contribution in [2.75, 3.05) is 7.05 Å².